The zero-order chi connectivity index (χ0) is 21.3. The molecule has 0 bridgehead atoms. The zero-order valence-electron chi connectivity index (χ0n) is 19.0. The second kappa shape index (κ2) is 11.1. The Bertz CT molecular complexity index is 803. The number of fused-ring (bicyclic) bond motifs is 2. The van der Waals surface area contributed by atoms with Crippen molar-refractivity contribution < 1.29 is 4.74 Å². The Kier molecular flexibility index (Phi) is 8.30. The molecule has 0 radical (unpaired) electrons. The topological polar surface area (TPSA) is 15.7 Å². The van der Waals surface area contributed by atoms with Gasteiger partial charge in [-0.25, -0.2) is 0 Å². The fourth-order valence-electron chi connectivity index (χ4n) is 3.82. The second-order valence-corrected chi connectivity index (χ2v) is 7.79. The van der Waals surface area contributed by atoms with Crippen LogP contribution in [0.4, 0.5) is 0 Å². The minimum absolute atomic E-state index is 0.922. The molecule has 160 valence electrons. The van der Waals surface area contributed by atoms with Crippen molar-refractivity contribution in [2.75, 3.05) is 39.3 Å². The molecule has 3 rings (SSSR count). The first-order valence-corrected chi connectivity index (χ1v) is 11.4. The molecule has 2 aromatic rings. The normalized spacial score (nSPS) is 13.3. The van der Waals surface area contributed by atoms with Gasteiger partial charge in [-0.3, -0.25) is 0 Å². The molecule has 1 aliphatic heterocycles. The molecular weight excluding hydrogens is 368 g/mol. The maximum atomic E-state index is 6.24. The van der Waals surface area contributed by atoms with E-state index in [2.05, 4.69) is 98.2 Å². The number of likely N-dealkylation sites (N-methyl/N-ethyl adjacent to an activating group) is 2. The van der Waals surface area contributed by atoms with E-state index in [4.69, 9.17) is 4.74 Å². The van der Waals surface area contributed by atoms with Gasteiger partial charge in [-0.2, -0.15) is 0 Å². The van der Waals surface area contributed by atoms with Crippen LogP contribution < -0.4 is 4.74 Å². The summed E-state index contributed by atoms with van der Waals surface area (Å²) in [5.41, 5.74) is 4.95. The molecule has 0 saturated carbocycles. The van der Waals surface area contributed by atoms with Crippen molar-refractivity contribution in [3.63, 3.8) is 0 Å². The fourth-order valence-corrected chi connectivity index (χ4v) is 3.82. The first-order chi connectivity index (χ1) is 14.7. The standard InChI is InChI=1S/C27H36N2O/c1-5-28(6-2)17-9-11-22-14-16-26-25(19-22)21-24-15-13-23(20-27(24)30-26)12-10-18-29(7-3)8-4/h9-16,19-20H,5-8,17-18,21H2,1-4H3/b11-9+,12-10+. The lowest BCUT2D eigenvalue weighted by molar-refractivity contribution is 0.338. The monoisotopic (exact) mass is 404 g/mol. The predicted molar refractivity (Wildman–Crippen MR) is 129 cm³/mol. The number of rotatable bonds is 10. The first kappa shape index (κ1) is 22.3. The summed E-state index contributed by atoms with van der Waals surface area (Å²) >= 11 is 0. The molecule has 0 saturated heterocycles. The van der Waals surface area contributed by atoms with Gasteiger partial charge in [0.25, 0.3) is 0 Å². The van der Waals surface area contributed by atoms with Crippen LogP contribution in [0.5, 0.6) is 11.5 Å². The molecule has 0 spiro atoms. The average molecular weight is 405 g/mol. The highest BCUT2D eigenvalue weighted by atomic mass is 16.5. The molecule has 0 N–H and O–H groups in total. The van der Waals surface area contributed by atoms with Gasteiger partial charge in [0.1, 0.15) is 11.5 Å². The Morgan fingerprint density at radius 2 is 1.27 bits per heavy atom. The third-order valence-electron chi connectivity index (χ3n) is 5.91. The highest BCUT2D eigenvalue weighted by Crippen LogP contribution is 2.37. The van der Waals surface area contributed by atoms with Gasteiger partial charge in [0.15, 0.2) is 0 Å². The van der Waals surface area contributed by atoms with Gasteiger partial charge in [-0.1, -0.05) is 70.2 Å². The van der Waals surface area contributed by atoms with Crippen LogP contribution in [-0.4, -0.2) is 49.1 Å². The summed E-state index contributed by atoms with van der Waals surface area (Å²) in [4.78, 5) is 4.80. The number of nitrogens with zero attached hydrogens (tertiary/aromatic N) is 2. The summed E-state index contributed by atoms with van der Waals surface area (Å²) in [5.74, 6) is 1.96. The van der Waals surface area contributed by atoms with Gasteiger partial charge >= 0.3 is 0 Å². The summed E-state index contributed by atoms with van der Waals surface area (Å²) in [7, 11) is 0. The number of hydrogen-bond acceptors (Lipinski definition) is 3. The summed E-state index contributed by atoms with van der Waals surface area (Å²) in [6.45, 7) is 15.1. The molecule has 1 aliphatic rings. The smallest absolute Gasteiger partial charge is 0.131 e. The predicted octanol–water partition coefficient (Wildman–Crippen LogP) is 6.09. The zero-order valence-corrected chi connectivity index (χ0v) is 19.0. The summed E-state index contributed by atoms with van der Waals surface area (Å²) in [6.07, 6.45) is 9.83. The van der Waals surface area contributed by atoms with Gasteiger partial charge in [0.05, 0.1) is 0 Å². The largest absolute Gasteiger partial charge is 0.457 e. The highest BCUT2D eigenvalue weighted by Gasteiger charge is 2.17. The molecule has 0 aromatic heterocycles. The number of benzene rings is 2. The SMILES string of the molecule is CCN(CC)C/C=C/c1ccc2c(c1)Cc1ccc(/C=C/CN(CC)CC)cc1O2. The van der Waals surface area contributed by atoms with Crippen molar-refractivity contribution in [2.24, 2.45) is 0 Å². The molecule has 1 heterocycles. The van der Waals surface area contributed by atoms with Gasteiger partial charge in [0, 0.05) is 19.5 Å². The van der Waals surface area contributed by atoms with Crippen LogP contribution in [0.1, 0.15) is 49.9 Å². The molecule has 3 heteroatoms. The fraction of sp³-hybridized carbons (Fsp3) is 0.407. The average Bonchev–Trinajstić information content (AvgIpc) is 2.78. The van der Waals surface area contributed by atoms with Crippen LogP contribution >= 0.6 is 0 Å². The molecule has 0 aliphatic carbocycles. The van der Waals surface area contributed by atoms with E-state index in [1.54, 1.807) is 0 Å². The van der Waals surface area contributed by atoms with Crippen molar-refractivity contribution in [1.82, 2.24) is 9.80 Å². The van der Waals surface area contributed by atoms with E-state index >= 15 is 0 Å². The maximum absolute atomic E-state index is 6.24. The van der Waals surface area contributed by atoms with E-state index in [0.717, 1.165) is 57.2 Å². The highest BCUT2D eigenvalue weighted by molar-refractivity contribution is 5.60. The quantitative estimate of drug-likeness (QED) is 0.406. The Morgan fingerprint density at radius 3 is 1.87 bits per heavy atom. The summed E-state index contributed by atoms with van der Waals surface area (Å²) in [6, 6.07) is 13.1. The van der Waals surface area contributed by atoms with E-state index in [9.17, 15) is 0 Å². The molecule has 0 amide bonds. The lowest BCUT2D eigenvalue weighted by atomic mass is 9.97. The minimum Gasteiger partial charge on any atom is -0.457 e. The van der Waals surface area contributed by atoms with E-state index < -0.39 is 0 Å². The van der Waals surface area contributed by atoms with E-state index in [1.807, 2.05) is 0 Å². The van der Waals surface area contributed by atoms with Crippen molar-refractivity contribution in [3.05, 3.63) is 70.8 Å². The van der Waals surface area contributed by atoms with Crippen LogP contribution in [-0.2, 0) is 6.42 Å². The molecule has 0 fully saturated rings. The van der Waals surface area contributed by atoms with Crippen LogP contribution in [0.25, 0.3) is 12.2 Å². The minimum atomic E-state index is 0.922. The Balaban J connectivity index is 1.67. The molecule has 30 heavy (non-hydrogen) atoms. The third-order valence-corrected chi connectivity index (χ3v) is 5.91. The molecular formula is C27H36N2O. The Labute approximate surface area is 182 Å². The number of hydrogen-bond donors (Lipinski definition) is 0. The van der Waals surface area contributed by atoms with Gasteiger partial charge in [-0.15, -0.1) is 0 Å². The number of ether oxygens (including phenoxy) is 1. The van der Waals surface area contributed by atoms with Crippen molar-refractivity contribution in [3.8, 4) is 11.5 Å². The Hall–Kier alpha value is -2.36. The first-order valence-electron chi connectivity index (χ1n) is 11.4. The summed E-state index contributed by atoms with van der Waals surface area (Å²) in [5, 5.41) is 0. The van der Waals surface area contributed by atoms with Gasteiger partial charge < -0.3 is 14.5 Å². The van der Waals surface area contributed by atoms with Crippen molar-refractivity contribution in [2.45, 2.75) is 34.1 Å². The van der Waals surface area contributed by atoms with Gasteiger partial charge in [0.2, 0.25) is 0 Å². The van der Waals surface area contributed by atoms with Crippen molar-refractivity contribution in [1.29, 1.82) is 0 Å². The van der Waals surface area contributed by atoms with Crippen LogP contribution in [0.2, 0.25) is 0 Å². The van der Waals surface area contributed by atoms with Gasteiger partial charge in [-0.05, 0) is 66.6 Å². The molecule has 0 unspecified atom stereocenters. The molecule has 2 aromatic carbocycles. The summed E-state index contributed by atoms with van der Waals surface area (Å²) < 4.78 is 6.24. The lowest BCUT2D eigenvalue weighted by Gasteiger charge is -2.21. The lowest BCUT2D eigenvalue weighted by Crippen LogP contribution is -2.22. The van der Waals surface area contributed by atoms with E-state index in [-0.39, 0.29) is 0 Å². The second-order valence-electron chi connectivity index (χ2n) is 7.79. The molecule has 3 nitrogen and oxygen atoms in total. The van der Waals surface area contributed by atoms with Crippen molar-refractivity contribution >= 4 is 12.2 Å². The van der Waals surface area contributed by atoms with E-state index in [1.165, 1.54) is 22.3 Å². The van der Waals surface area contributed by atoms with E-state index in [0.29, 0.717) is 0 Å². The van der Waals surface area contributed by atoms with Crippen LogP contribution in [0.15, 0.2) is 48.6 Å². The molecule has 0 atom stereocenters. The van der Waals surface area contributed by atoms with Crippen LogP contribution in [0.3, 0.4) is 0 Å². The van der Waals surface area contributed by atoms with Crippen LogP contribution in [0, 0.1) is 0 Å². The maximum Gasteiger partial charge on any atom is 0.131 e. The third kappa shape index (κ3) is 5.84. The Morgan fingerprint density at radius 1 is 0.700 bits per heavy atom.